The second-order valence-corrected chi connectivity index (χ2v) is 7.42. The van der Waals surface area contributed by atoms with Gasteiger partial charge in [-0.05, 0) is 37.6 Å². The van der Waals surface area contributed by atoms with Gasteiger partial charge in [0.05, 0.1) is 36.0 Å². The number of benzene rings is 1. The number of nitrogens with zero attached hydrogens (tertiary/aromatic N) is 4. The number of hydrogen-bond acceptors (Lipinski definition) is 6. The summed E-state index contributed by atoms with van der Waals surface area (Å²) >= 11 is 0. The minimum atomic E-state index is -4.61. The number of alkyl halides is 3. The third-order valence-electron chi connectivity index (χ3n) is 5.40. The third-order valence-corrected chi connectivity index (χ3v) is 5.40. The number of amides is 1. The number of aromatic nitrogens is 3. The van der Waals surface area contributed by atoms with Crippen molar-refractivity contribution in [2.75, 3.05) is 12.3 Å². The van der Waals surface area contributed by atoms with Crippen molar-refractivity contribution in [3.05, 3.63) is 58.2 Å². The van der Waals surface area contributed by atoms with Gasteiger partial charge in [-0.15, -0.1) is 5.10 Å². The number of rotatable bonds is 4. The molecule has 32 heavy (non-hydrogen) atoms. The quantitative estimate of drug-likeness (QED) is 0.605. The van der Waals surface area contributed by atoms with Gasteiger partial charge >= 0.3 is 6.18 Å². The fourth-order valence-corrected chi connectivity index (χ4v) is 3.74. The Morgan fingerprint density at radius 1 is 1.28 bits per heavy atom. The van der Waals surface area contributed by atoms with Crippen molar-refractivity contribution < 1.29 is 27.1 Å². The van der Waals surface area contributed by atoms with Crippen molar-refractivity contribution in [1.82, 2.24) is 20.1 Å². The third kappa shape index (κ3) is 3.83. The van der Waals surface area contributed by atoms with Gasteiger partial charge in [-0.1, -0.05) is 0 Å². The van der Waals surface area contributed by atoms with Crippen LogP contribution in [0.4, 0.5) is 23.4 Å². The topological polar surface area (TPSA) is 94.2 Å². The Kier molecular flexibility index (Phi) is 5.45. The number of ether oxygens (including phenoxy) is 1. The lowest BCUT2D eigenvalue weighted by molar-refractivity contribution is -0.141. The highest BCUT2D eigenvalue weighted by Crippen LogP contribution is 2.38. The first-order valence-electron chi connectivity index (χ1n) is 9.82. The van der Waals surface area contributed by atoms with Crippen LogP contribution in [0.15, 0.2) is 24.3 Å². The molecule has 0 spiro atoms. The summed E-state index contributed by atoms with van der Waals surface area (Å²) in [4.78, 5) is 18.6. The maximum atomic E-state index is 14.8. The second-order valence-electron chi connectivity index (χ2n) is 7.42. The van der Waals surface area contributed by atoms with Crippen molar-refractivity contribution in [2.24, 2.45) is 0 Å². The lowest BCUT2D eigenvalue weighted by atomic mass is 9.99. The van der Waals surface area contributed by atoms with Crippen LogP contribution in [0.25, 0.3) is 10.9 Å². The van der Waals surface area contributed by atoms with Crippen LogP contribution in [0.2, 0.25) is 0 Å². The van der Waals surface area contributed by atoms with E-state index in [-0.39, 0.29) is 42.9 Å². The molecular formula is C21H19F4N5O2. The van der Waals surface area contributed by atoms with Gasteiger partial charge in [-0.2, -0.15) is 18.3 Å². The predicted octanol–water partition coefficient (Wildman–Crippen LogP) is 4.02. The number of nitrogens with two attached hydrogens (primary N) is 1. The predicted molar refractivity (Wildman–Crippen MR) is 107 cm³/mol. The highest BCUT2D eigenvalue weighted by atomic mass is 19.4. The fourth-order valence-electron chi connectivity index (χ4n) is 3.74. The molecule has 1 atom stereocenters. The molecule has 0 saturated heterocycles. The molecule has 11 heteroatoms. The molecule has 7 nitrogen and oxygen atoms in total. The second kappa shape index (κ2) is 7.97. The first-order valence-corrected chi connectivity index (χ1v) is 9.82. The smallest absolute Gasteiger partial charge is 0.383 e. The van der Waals surface area contributed by atoms with Gasteiger partial charge in [-0.3, -0.25) is 4.79 Å². The SMILES string of the molecule is CCN(Cc1ccc(C(F)(F)F)nn1)C(=O)c1cc2c3c(c(N)nc2cc1F)[C@@H](C)OC3. The molecule has 0 unspecified atom stereocenters. The summed E-state index contributed by atoms with van der Waals surface area (Å²) in [5, 5.41) is 7.27. The highest BCUT2D eigenvalue weighted by Gasteiger charge is 2.33. The minimum absolute atomic E-state index is 0.129. The summed E-state index contributed by atoms with van der Waals surface area (Å²) in [6.07, 6.45) is -4.88. The average molecular weight is 449 g/mol. The van der Waals surface area contributed by atoms with E-state index in [2.05, 4.69) is 15.2 Å². The van der Waals surface area contributed by atoms with Gasteiger partial charge in [0.1, 0.15) is 11.6 Å². The molecule has 4 rings (SSSR count). The summed E-state index contributed by atoms with van der Waals surface area (Å²) < 4.78 is 58.5. The van der Waals surface area contributed by atoms with E-state index in [1.807, 2.05) is 6.92 Å². The molecule has 3 heterocycles. The minimum Gasteiger partial charge on any atom is -0.383 e. The van der Waals surface area contributed by atoms with E-state index in [9.17, 15) is 22.4 Å². The van der Waals surface area contributed by atoms with Crippen LogP contribution in [-0.2, 0) is 24.1 Å². The Labute approximate surface area is 180 Å². The Bertz CT molecular complexity index is 1200. The Balaban J connectivity index is 1.67. The molecule has 2 aromatic heterocycles. The molecule has 0 bridgehead atoms. The summed E-state index contributed by atoms with van der Waals surface area (Å²) in [5.41, 5.74) is 6.61. The number of halogens is 4. The fraction of sp³-hybridized carbons (Fsp3) is 0.333. The van der Waals surface area contributed by atoms with E-state index < -0.39 is 23.6 Å². The Morgan fingerprint density at radius 3 is 2.66 bits per heavy atom. The molecule has 0 radical (unpaired) electrons. The summed E-state index contributed by atoms with van der Waals surface area (Å²) in [5.74, 6) is -1.16. The standard InChI is InChI=1S/C21H19F4N5O2/c1-3-30(8-11-4-5-17(29-28-11)21(23,24)25)20(31)13-6-12-14-9-32-10(2)18(14)19(26)27-16(12)7-15(13)22/h4-7,10H,3,8-9H2,1-2H3,(H2,26,27)/t10-/m1/s1. The average Bonchev–Trinajstić information content (AvgIpc) is 3.13. The van der Waals surface area contributed by atoms with Crippen molar-refractivity contribution in [2.45, 2.75) is 39.3 Å². The summed E-state index contributed by atoms with van der Waals surface area (Å²) in [6, 6.07) is 4.49. The lowest BCUT2D eigenvalue weighted by Gasteiger charge is -2.21. The van der Waals surface area contributed by atoms with Gasteiger partial charge in [0.2, 0.25) is 0 Å². The van der Waals surface area contributed by atoms with E-state index in [0.717, 1.165) is 29.3 Å². The van der Waals surface area contributed by atoms with E-state index in [1.54, 1.807) is 6.92 Å². The van der Waals surface area contributed by atoms with Gasteiger partial charge in [0.25, 0.3) is 5.91 Å². The lowest BCUT2D eigenvalue weighted by Crippen LogP contribution is -2.31. The van der Waals surface area contributed by atoms with Crippen molar-refractivity contribution in [1.29, 1.82) is 0 Å². The number of pyridine rings is 1. The van der Waals surface area contributed by atoms with E-state index in [1.165, 1.54) is 11.0 Å². The normalized spacial score (nSPS) is 15.8. The first-order chi connectivity index (χ1) is 15.1. The number of carbonyl (C=O) groups excluding carboxylic acids is 1. The molecule has 0 fully saturated rings. The van der Waals surface area contributed by atoms with Gasteiger partial charge in [0.15, 0.2) is 5.69 Å². The molecule has 0 aliphatic carbocycles. The molecule has 1 amide bonds. The maximum Gasteiger partial charge on any atom is 0.435 e. The van der Waals surface area contributed by atoms with E-state index >= 15 is 0 Å². The number of hydrogen-bond donors (Lipinski definition) is 1. The zero-order chi connectivity index (χ0) is 23.2. The molecule has 1 aromatic carbocycles. The molecule has 168 valence electrons. The highest BCUT2D eigenvalue weighted by molar-refractivity contribution is 5.99. The number of fused-ring (bicyclic) bond motifs is 3. The number of carbonyl (C=O) groups is 1. The number of nitrogen functional groups attached to an aromatic ring is 1. The Hall–Kier alpha value is -3.34. The van der Waals surface area contributed by atoms with Crippen LogP contribution >= 0.6 is 0 Å². The number of anilines is 1. The van der Waals surface area contributed by atoms with Crippen LogP contribution in [0.3, 0.4) is 0 Å². The summed E-state index contributed by atoms with van der Waals surface area (Å²) in [7, 11) is 0. The van der Waals surface area contributed by atoms with Crippen molar-refractivity contribution in [3.8, 4) is 0 Å². The molecule has 1 aliphatic heterocycles. The molecule has 2 N–H and O–H groups in total. The first kappa shape index (κ1) is 21.9. The zero-order valence-corrected chi connectivity index (χ0v) is 17.2. The van der Waals surface area contributed by atoms with Gasteiger partial charge in [0, 0.05) is 23.6 Å². The Morgan fingerprint density at radius 2 is 2.03 bits per heavy atom. The molecule has 0 saturated carbocycles. The van der Waals surface area contributed by atoms with Crippen LogP contribution in [0.5, 0.6) is 0 Å². The maximum absolute atomic E-state index is 14.8. The van der Waals surface area contributed by atoms with Crippen LogP contribution in [0.1, 0.15) is 52.8 Å². The van der Waals surface area contributed by atoms with Crippen molar-refractivity contribution in [3.63, 3.8) is 0 Å². The van der Waals surface area contributed by atoms with Crippen LogP contribution in [-0.4, -0.2) is 32.5 Å². The van der Waals surface area contributed by atoms with Crippen molar-refractivity contribution >= 4 is 22.6 Å². The molecular weight excluding hydrogens is 430 g/mol. The summed E-state index contributed by atoms with van der Waals surface area (Å²) in [6.45, 7) is 3.81. The monoisotopic (exact) mass is 449 g/mol. The van der Waals surface area contributed by atoms with Crippen LogP contribution in [0, 0.1) is 5.82 Å². The van der Waals surface area contributed by atoms with E-state index in [0.29, 0.717) is 10.9 Å². The molecule has 1 aliphatic rings. The largest absolute Gasteiger partial charge is 0.435 e. The van der Waals surface area contributed by atoms with Gasteiger partial charge in [-0.25, -0.2) is 9.37 Å². The zero-order valence-electron chi connectivity index (χ0n) is 17.2. The van der Waals surface area contributed by atoms with Gasteiger partial charge < -0.3 is 15.4 Å². The van der Waals surface area contributed by atoms with Crippen LogP contribution < -0.4 is 5.73 Å². The molecule has 3 aromatic rings. The van der Waals surface area contributed by atoms with E-state index in [4.69, 9.17) is 10.5 Å².